The van der Waals surface area contributed by atoms with Crippen molar-refractivity contribution in [1.29, 1.82) is 0 Å². The van der Waals surface area contributed by atoms with E-state index in [4.69, 9.17) is 9.52 Å². The molecule has 0 aliphatic heterocycles. The number of nitrogens with zero attached hydrogens (tertiary/aromatic N) is 1. The van der Waals surface area contributed by atoms with E-state index in [1.54, 1.807) is 19.3 Å². The van der Waals surface area contributed by atoms with Crippen molar-refractivity contribution < 1.29 is 19.1 Å². The van der Waals surface area contributed by atoms with Gasteiger partial charge >= 0.3 is 5.97 Å². The third-order valence-corrected chi connectivity index (χ3v) is 3.02. The summed E-state index contributed by atoms with van der Waals surface area (Å²) in [5.74, 6) is -0.392. The number of amides is 1. The van der Waals surface area contributed by atoms with E-state index in [2.05, 4.69) is 10.3 Å². The molecule has 2 aromatic heterocycles. The molecule has 0 atom stereocenters. The monoisotopic (exact) mass is 288 g/mol. The van der Waals surface area contributed by atoms with Crippen LogP contribution in [0.2, 0.25) is 0 Å². The average molecular weight is 288 g/mol. The van der Waals surface area contributed by atoms with Gasteiger partial charge in [-0.1, -0.05) is 6.07 Å². The summed E-state index contributed by atoms with van der Waals surface area (Å²) in [6.07, 6.45) is 4.36. The zero-order valence-electron chi connectivity index (χ0n) is 11.6. The lowest BCUT2D eigenvalue weighted by Crippen LogP contribution is -2.22. The van der Waals surface area contributed by atoms with Gasteiger partial charge in [0.05, 0.1) is 6.54 Å². The molecule has 0 aliphatic carbocycles. The highest BCUT2D eigenvalue weighted by molar-refractivity contribution is 5.88. The van der Waals surface area contributed by atoms with Gasteiger partial charge in [0.2, 0.25) is 5.91 Å². The molecule has 0 aromatic carbocycles. The number of aromatic carboxylic acids is 1. The van der Waals surface area contributed by atoms with Crippen LogP contribution in [0.5, 0.6) is 0 Å². The first-order chi connectivity index (χ1) is 10.1. The predicted molar refractivity (Wildman–Crippen MR) is 74.8 cm³/mol. The molecule has 0 bridgehead atoms. The second kappa shape index (κ2) is 6.69. The summed E-state index contributed by atoms with van der Waals surface area (Å²) in [7, 11) is 0. The van der Waals surface area contributed by atoms with Gasteiger partial charge in [0, 0.05) is 18.8 Å². The summed E-state index contributed by atoms with van der Waals surface area (Å²) in [5, 5.41) is 11.6. The number of rotatable bonds is 6. The van der Waals surface area contributed by atoms with Crippen molar-refractivity contribution in [3.05, 3.63) is 53.2 Å². The molecule has 0 aliphatic rings. The highest BCUT2D eigenvalue weighted by Gasteiger charge is 2.14. The fraction of sp³-hybridized carbons (Fsp3) is 0.267. The fourth-order valence-electron chi connectivity index (χ4n) is 1.92. The van der Waals surface area contributed by atoms with Crippen molar-refractivity contribution in [2.24, 2.45) is 0 Å². The van der Waals surface area contributed by atoms with Crippen molar-refractivity contribution in [3.63, 3.8) is 0 Å². The quantitative estimate of drug-likeness (QED) is 0.847. The van der Waals surface area contributed by atoms with Gasteiger partial charge in [0.25, 0.3) is 0 Å². The van der Waals surface area contributed by atoms with Gasteiger partial charge < -0.3 is 14.8 Å². The molecule has 2 heterocycles. The van der Waals surface area contributed by atoms with Gasteiger partial charge in [0.1, 0.15) is 17.1 Å². The minimum atomic E-state index is -1.04. The number of nitrogens with one attached hydrogen (secondary N) is 1. The van der Waals surface area contributed by atoms with Crippen molar-refractivity contribution in [3.8, 4) is 0 Å². The first kappa shape index (κ1) is 14.8. The van der Waals surface area contributed by atoms with Crippen LogP contribution in [0.4, 0.5) is 0 Å². The molecule has 0 radical (unpaired) electrons. The van der Waals surface area contributed by atoms with E-state index in [1.807, 2.05) is 12.1 Å². The molecule has 0 saturated carbocycles. The number of aryl methyl sites for hydroxylation is 2. The smallest absolute Gasteiger partial charge is 0.339 e. The maximum absolute atomic E-state index is 11.7. The number of carboxylic acid groups (broad SMARTS) is 1. The van der Waals surface area contributed by atoms with Gasteiger partial charge in [0.15, 0.2) is 0 Å². The number of carbonyl (C=O) groups is 2. The second-order valence-corrected chi connectivity index (χ2v) is 4.63. The van der Waals surface area contributed by atoms with Crippen molar-refractivity contribution in [2.75, 3.05) is 0 Å². The Balaban J connectivity index is 1.81. The minimum absolute atomic E-state index is 0.120. The highest BCUT2D eigenvalue weighted by atomic mass is 16.4. The van der Waals surface area contributed by atoms with Crippen LogP contribution in [0.25, 0.3) is 0 Å². The van der Waals surface area contributed by atoms with Crippen molar-refractivity contribution in [2.45, 2.75) is 26.3 Å². The summed E-state index contributed by atoms with van der Waals surface area (Å²) in [6, 6.07) is 5.17. The molecule has 0 spiro atoms. The normalized spacial score (nSPS) is 10.3. The Kier molecular flexibility index (Phi) is 4.71. The van der Waals surface area contributed by atoms with Gasteiger partial charge in [-0.25, -0.2) is 4.79 Å². The van der Waals surface area contributed by atoms with E-state index in [0.29, 0.717) is 24.4 Å². The van der Waals surface area contributed by atoms with Gasteiger partial charge in [-0.2, -0.15) is 0 Å². The number of carboxylic acids is 1. The lowest BCUT2D eigenvalue weighted by molar-refractivity contribution is -0.121. The molecule has 0 fully saturated rings. The van der Waals surface area contributed by atoms with Crippen LogP contribution >= 0.6 is 0 Å². The third-order valence-electron chi connectivity index (χ3n) is 3.02. The molecule has 6 heteroatoms. The van der Waals surface area contributed by atoms with E-state index >= 15 is 0 Å². The summed E-state index contributed by atoms with van der Waals surface area (Å²) >= 11 is 0. The van der Waals surface area contributed by atoms with Crippen LogP contribution in [0.3, 0.4) is 0 Å². The summed E-state index contributed by atoms with van der Waals surface area (Å²) in [6.45, 7) is 1.76. The summed E-state index contributed by atoms with van der Waals surface area (Å²) in [5.41, 5.74) is 1.12. The molecular formula is C15H16N2O4. The van der Waals surface area contributed by atoms with Gasteiger partial charge in [-0.3, -0.25) is 9.78 Å². The largest absolute Gasteiger partial charge is 0.478 e. The summed E-state index contributed by atoms with van der Waals surface area (Å²) in [4.78, 5) is 26.6. The standard InChI is InChI=1S/C15H16N2O4/c1-10-13(15(19)20)7-12(21-10)9-17-14(18)5-4-11-3-2-6-16-8-11/h2-3,6-8H,4-5,9H2,1H3,(H,17,18)(H,19,20). The van der Waals surface area contributed by atoms with E-state index in [1.165, 1.54) is 6.07 Å². The number of hydrogen-bond donors (Lipinski definition) is 2. The molecule has 21 heavy (non-hydrogen) atoms. The first-order valence-electron chi connectivity index (χ1n) is 6.54. The molecule has 110 valence electrons. The second-order valence-electron chi connectivity index (χ2n) is 4.63. The highest BCUT2D eigenvalue weighted by Crippen LogP contribution is 2.14. The summed E-state index contributed by atoms with van der Waals surface area (Å²) < 4.78 is 5.28. The molecule has 2 N–H and O–H groups in total. The average Bonchev–Trinajstić information content (AvgIpc) is 2.85. The van der Waals surface area contributed by atoms with E-state index in [9.17, 15) is 9.59 Å². The number of aromatic nitrogens is 1. The first-order valence-corrected chi connectivity index (χ1v) is 6.54. The number of pyridine rings is 1. The molecule has 0 saturated heterocycles. The maximum atomic E-state index is 11.7. The third kappa shape index (κ3) is 4.17. The van der Waals surface area contributed by atoms with Crippen molar-refractivity contribution in [1.82, 2.24) is 10.3 Å². The van der Waals surface area contributed by atoms with Gasteiger partial charge in [-0.05, 0) is 31.0 Å². The number of furan rings is 1. The van der Waals surface area contributed by atoms with E-state index in [0.717, 1.165) is 5.56 Å². The lowest BCUT2D eigenvalue weighted by atomic mass is 10.1. The van der Waals surface area contributed by atoms with Crippen LogP contribution in [0.15, 0.2) is 35.0 Å². The number of hydrogen-bond acceptors (Lipinski definition) is 4. The SMILES string of the molecule is Cc1oc(CNC(=O)CCc2cccnc2)cc1C(=O)O. The van der Waals surface area contributed by atoms with Crippen LogP contribution in [-0.2, 0) is 17.8 Å². The molecule has 2 aromatic rings. The Morgan fingerprint density at radius 2 is 2.24 bits per heavy atom. The Morgan fingerprint density at radius 1 is 1.43 bits per heavy atom. The Bertz CT molecular complexity index is 634. The lowest BCUT2D eigenvalue weighted by Gasteiger charge is -2.03. The van der Waals surface area contributed by atoms with Crippen molar-refractivity contribution >= 4 is 11.9 Å². The number of carbonyl (C=O) groups excluding carboxylic acids is 1. The van der Waals surface area contributed by atoms with E-state index in [-0.39, 0.29) is 18.0 Å². The van der Waals surface area contributed by atoms with Gasteiger partial charge in [-0.15, -0.1) is 0 Å². The Labute approximate surface area is 121 Å². The molecule has 6 nitrogen and oxygen atoms in total. The molecular weight excluding hydrogens is 272 g/mol. The van der Waals surface area contributed by atoms with Crippen LogP contribution in [0.1, 0.15) is 33.9 Å². The van der Waals surface area contributed by atoms with E-state index < -0.39 is 5.97 Å². The predicted octanol–water partition coefficient (Wildman–Crippen LogP) is 1.93. The van der Waals surface area contributed by atoms with Crippen LogP contribution in [0, 0.1) is 6.92 Å². The molecule has 1 amide bonds. The molecule has 2 rings (SSSR count). The Morgan fingerprint density at radius 3 is 2.86 bits per heavy atom. The molecule has 0 unspecified atom stereocenters. The zero-order chi connectivity index (χ0) is 15.2. The fourth-order valence-corrected chi connectivity index (χ4v) is 1.92. The van der Waals surface area contributed by atoms with Crippen LogP contribution < -0.4 is 5.32 Å². The minimum Gasteiger partial charge on any atom is -0.478 e. The van der Waals surface area contributed by atoms with Crippen LogP contribution in [-0.4, -0.2) is 22.0 Å². The maximum Gasteiger partial charge on any atom is 0.339 e. The zero-order valence-corrected chi connectivity index (χ0v) is 11.6. The topological polar surface area (TPSA) is 92.4 Å². The Hall–Kier alpha value is -2.63.